The molecule has 2 rings (SSSR count). The lowest BCUT2D eigenvalue weighted by molar-refractivity contribution is 0.181. The molecule has 0 bridgehead atoms. The number of hydrogen-bond acceptors (Lipinski definition) is 2. The molecule has 13 heavy (non-hydrogen) atoms. The van der Waals surface area contributed by atoms with Gasteiger partial charge < -0.3 is 10.5 Å². The maximum absolute atomic E-state index is 6.12. The Bertz CT molecular complexity index is 254. The standard InChI is InChI=1S/C11H15NO/c12-11(10-6-7-13-8-10)9-4-2-1-3-5-9/h1-5,10-11H,6-8,12H2/t10-,11-/m1/s1. The molecule has 0 aromatic heterocycles. The van der Waals surface area contributed by atoms with Crippen molar-refractivity contribution in [2.24, 2.45) is 11.7 Å². The smallest absolute Gasteiger partial charge is 0.0513 e. The fraction of sp³-hybridized carbons (Fsp3) is 0.455. The molecule has 0 radical (unpaired) electrons. The lowest BCUT2D eigenvalue weighted by Gasteiger charge is -2.17. The summed E-state index contributed by atoms with van der Waals surface area (Å²) in [5.74, 6) is 0.502. The maximum atomic E-state index is 6.12. The predicted molar refractivity (Wildman–Crippen MR) is 52.3 cm³/mol. The Morgan fingerprint density at radius 2 is 2.08 bits per heavy atom. The topological polar surface area (TPSA) is 35.2 Å². The molecule has 2 heteroatoms. The third kappa shape index (κ3) is 1.90. The number of hydrogen-bond donors (Lipinski definition) is 1. The number of rotatable bonds is 2. The molecule has 0 saturated carbocycles. The van der Waals surface area contributed by atoms with Gasteiger partial charge in [-0.3, -0.25) is 0 Å². The molecular formula is C11H15NO. The molecule has 70 valence electrons. The first-order valence-corrected chi connectivity index (χ1v) is 4.76. The Morgan fingerprint density at radius 1 is 1.31 bits per heavy atom. The normalized spacial score (nSPS) is 24.5. The molecule has 1 fully saturated rings. The average Bonchev–Trinajstić information content (AvgIpc) is 2.71. The molecule has 1 saturated heterocycles. The van der Waals surface area contributed by atoms with E-state index in [1.165, 1.54) is 5.56 Å². The minimum Gasteiger partial charge on any atom is -0.381 e. The molecule has 0 aliphatic carbocycles. The van der Waals surface area contributed by atoms with Gasteiger partial charge in [-0.15, -0.1) is 0 Å². The second-order valence-corrected chi connectivity index (χ2v) is 3.56. The highest BCUT2D eigenvalue weighted by atomic mass is 16.5. The van der Waals surface area contributed by atoms with Gasteiger partial charge in [0.2, 0.25) is 0 Å². The van der Waals surface area contributed by atoms with Crippen molar-refractivity contribution >= 4 is 0 Å². The van der Waals surface area contributed by atoms with Gasteiger partial charge in [-0.25, -0.2) is 0 Å². The quantitative estimate of drug-likeness (QED) is 0.746. The van der Waals surface area contributed by atoms with Crippen LogP contribution in [0.5, 0.6) is 0 Å². The molecular weight excluding hydrogens is 162 g/mol. The highest BCUT2D eigenvalue weighted by molar-refractivity contribution is 5.19. The first-order valence-electron chi connectivity index (χ1n) is 4.76. The van der Waals surface area contributed by atoms with E-state index in [1.807, 2.05) is 18.2 Å². The van der Waals surface area contributed by atoms with Crippen molar-refractivity contribution in [1.82, 2.24) is 0 Å². The van der Waals surface area contributed by atoms with Crippen LogP contribution in [0, 0.1) is 5.92 Å². The van der Waals surface area contributed by atoms with Gasteiger partial charge in [0, 0.05) is 18.6 Å². The molecule has 0 spiro atoms. The van der Waals surface area contributed by atoms with Crippen LogP contribution in [0.25, 0.3) is 0 Å². The lowest BCUT2D eigenvalue weighted by Crippen LogP contribution is -2.21. The molecule has 2 nitrogen and oxygen atoms in total. The molecule has 0 unspecified atom stereocenters. The maximum Gasteiger partial charge on any atom is 0.0513 e. The molecule has 1 aliphatic rings. The number of benzene rings is 1. The van der Waals surface area contributed by atoms with Gasteiger partial charge in [-0.1, -0.05) is 30.3 Å². The minimum absolute atomic E-state index is 0.142. The van der Waals surface area contributed by atoms with Crippen molar-refractivity contribution in [3.05, 3.63) is 35.9 Å². The summed E-state index contributed by atoms with van der Waals surface area (Å²) in [7, 11) is 0. The fourth-order valence-corrected chi connectivity index (χ4v) is 1.78. The van der Waals surface area contributed by atoms with Crippen molar-refractivity contribution < 1.29 is 4.74 Å². The molecule has 1 aromatic rings. The molecule has 1 aliphatic heterocycles. The molecule has 0 amide bonds. The first-order chi connectivity index (χ1) is 6.38. The van der Waals surface area contributed by atoms with Crippen molar-refractivity contribution in [2.75, 3.05) is 13.2 Å². The van der Waals surface area contributed by atoms with E-state index >= 15 is 0 Å². The van der Waals surface area contributed by atoms with E-state index in [2.05, 4.69) is 12.1 Å². The number of ether oxygens (including phenoxy) is 1. The van der Waals surface area contributed by atoms with Crippen molar-refractivity contribution in [3.8, 4) is 0 Å². The zero-order valence-corrected chi connectivity index (χ0v) is 7.65. The van der Waals surface area contributed by atoms with Gasteiger partial charge in [0.25, 0.3) is 0 Å². The second-order valence-electron chi connectivity index (χ2n) is 3.56. The van der Waals surface area contributed by atoms with Crippen LogP contribution in [0.4, 0.5) is 0 Å². The van der Waals surface area contributed by atoms with E-state index in [4.69, 9.17) is 10.5 Å². The van der Waals surface area contributed by atoms with Crippen LogP contribution in [0.2, 0.25) is 0 Å². The van der Waals surface area contributed by atoms with E-state index in [0.29, 0.717) is 5.92 Å². The highest BCUT2D eigenvalue weighted by Crippen LogP contribution is 2.26. The van der Waals surface area contributed by atoms with Crippen LogP contribution in [-0.4, -0.2) is 13.2 Å². The van der Waals surface area contributed by atoms with E-state index in [-0.39, 0.29) is 6.04 Å². The van der Waals surface area contributed by atoms with Crippen LogP contribution in [0.15, 0.2) is 30.3 Å². The monoisotopic (exact) mass is 177 g/mol. The summed E-state index contributed by atoms with van der Waals surface area (Å²) >= 11 is 0. The summed E-state index contributed by atoms with van der Waals surface area (Å²) in [5.41, 5.74) is 7.34. The summed E-state index contributed by atoms with van der Waals surface area (Å²) < 4.78 is 5.32. The Hall–Kier alpha value is -0.860. The summed E-state index contributed by atoms with van der Waals surface area (Å²) in [4.78, 5) is 0. The zero-order chi connectivity index (χ0) is 9.10. The van der Waals surface area contributed by atoms with Gasteiger partial charge in [-0.05, 0) is 12.0 Å². The average molecular weight is 177 g/mol. The number of nitrogens with two attached hydrogens (primary N) is 1. The Morgan fingerprint density at radius 3 is 2.69 bits per heavy atom. The van der Waals surface area contributed by atoms with Gasteiger partial charge in [0.1, 0.15) is 0 Å². The fourth-order valence-electron chi connectivity index (χ4n) is 1.78. The van der Waals surface area contributed by atoms with Crippen LogP contribution >= 0.6 is 0 Å². The molecule has 1 heterocycles. The van der Waals surface area contributed by atoms with Crippen molar-refractivity contribution in [1.29, 1.82) is 0 Å². The summed E-state index contributed by atoms with van der Waals surface area (Å²) in [6.07, 6.45) is 1.09. The van der Waals surface area contributed by atoms with Crippen LogP contribution in [0.3, 0.4) is 0 Å². The van der Waals surface area contributed by atoms with Gasteiger partial charge in [0.15, 0.2) is 0 Å². The third-order valence-corrected chi connectivity index (χ3v) is 2.66. The van der Waals surface area contributed by atoms with Crippen molar-refractivity contribution in [3.63, 3.8) is 0 Å². The van der Waals surface area contributed by atoms with Gasteiger partial charge in [0.05, 0.1) is 6.61 Å². The van der Waals surface area contributed by atoms with E-state index in [1.54, 1.807) is 0 Å². The minimum atomic E-state index is 0.142. The van der Waals surface area contributed by atoms with E-state index in [9.17, 15) is 0 Å². The van der Waals surface area contributed by atoms with E-state index in [0.717, 1.165) is 19.6 Å². The zero-order valence-electron chi connectivity index (χ0n) is 7.65. The molecule has 2 atom stereocenters. The van der Waals surface area contributed by atoms with Crippen LogP contribution in [0.1, 0.15) is 18.0 Å². The van der Waals surface area contributed by atoms with Gasteiger partial charge >= 0.3 is 0 Å². The molecule has 1 aromatic carbocycles. The predicted octanol–water partition coefficient (Wildman–Crippen LogP) is 1.72. The summed E-state index contributed by atoms with van der Waals surface area (Å²) in [5, 5.41) is 0. The summed E-state index contributed by atoms with van der Waals surface area (Å²) in [6, 6.07) is 10.4. The summed E-state index contributed by atoms with van der Waals surface area (Å²) in [6.45, 7) is 1.68. The largest absolute Gasteiger partial charge is 0.381 e. The van der Waals surface area contributed by atoms with E-state index < -0.39 is 0 Å². The Balaban J connectivity index is 2.08. The lowest BCUT2D eigenvalue weighted by atomic mass is 9.93. The molecule has 2 N–H and O–H groups in total. The van der Waals surface area contributed by atoms with Crippen LogP contribution < -0.4 is 5.73 Å². The SMILES string of the molecule is N[C@H](c1ccccc1)[C@@H]1CCOC1. The third-order valence-electron chi connectivity index (χ3n) is 2.66. The second kappa shape index (κ2) is 3.90. The Labute approximate surface area is 78.7 Å². The van der Waals surface area contributed by atoms with Gasteiger partial charge in [-0.2, -0.15) is 0 Å². The van der Waals surface area contributed by atoms with Crippen molar-refractivity contribution in [2.45, 2.75) is 12.5 Å². The first kappa shape index (κ1) is 8.73. The Kier molecular flexibility index (Phi) is 2.62. The van der Waals surface area contributed by atoms with Crippen LogP contribution in [-0.2, 0) is 4.74 Å². The highest BCUT2D eigenvalue weighted by Gasteiger charge is 2.23.